The van der Waals surface area contributed by atoms with Crippen LogP contribution in [0.1, 0.15) is 32.1 Å². The van der Waals surface area contributed by atoms with Gasteiger partial charge in [-0.3, -0.25) is 19.5 Å². The van der Waals surface area contributed by atoms with Crippen molar-refractivity contribution >= 4 is 23.0 Å². The largest absolute Gasteiger partial charge is 0.335 e. The summed E-state index contributed by atoms with van der Waals surface area (Å²) >= 11 is 0. The highest BCUT2D eigenvalue weighted by atomic mass is 16.2. The number of aromatic nitrogens is 4. The van der Waals surface area contributed by atoms with Gasteiger partial charge in [0.15, 0.2) is 5.65 Å². The molecule has 0 unspecified atom stereocenters. The van der Waals surface area contributed by atoms with Crippen LogP contribution in [0.5, 0.6) is 0 Å². The molecule has 1 aliphatic carbocycles. The smallest absolute Gasteiger partial charge is 0.321 e. The molecule has 1 fully saturated rings. The summed E-state index contributed by atoms with van der Waals surface area (Å²) in [6, 6.07) is 8.91. The molecule has 0 radical (unpaired) electrons. The summed E-state index contributed by atoms with van der Waals surface area (Å²) in [5.41, 5.74) is 0.803. The predicted octanol–water partition coefficient (Wildman–Crippen LogP) is 1.74. The van der Waals surface area contributed by atoms with Crippen LogP contribution in [0.15, 0.2) is 47.7 Å². The van der Waals surface area contributed by atoms with Gasteiger partial charge < -0.3 is 5.32 Å². The van der Waals surface area contributed by atoms with E-state index in [2.05, 4.69) is 20.7 Å². The van der Waals surface area contributed by atoms with Gasteiger partial charge in [0.05, 0.1) is 11.9 Å². The van der Waals surface area contributed by atoms with Gasteiger partial charge in [-0.15, -0.1) is 0 Å². The quantitative estimate of drug-likeness (QED) is 0.700. The van der Waals surface area contributed by atoms with Gasteiger partial charge in [-0.2, -0.15) is 5.10 Å². The fourth-order valence-corrected chi connectivity index (χ4v) is 3.61. The Morgan fingerprint density at radius 2 is 1.86 bits per heavy atom. The highest BCUT2D eigenvalue weighted by Crippen LogP contribution is 2.17. The minimum Gasteiger partial charge on any atom is -0.335 e. The van der Waals surface area contributed by atoms with Crippen LogP contribution in [-0.2, 0) is 11.3 Å². The first kappa shape index (κ1) is 18.9. The number of amides is 3. The Balaban J connectivity index is 1.45. The molecule has 4 rings (SSSR count). The summed E-state index contributed by atoms with van der Waals surface area (Å²) in [7, 11) is 0. The molecule has 0 spiro atoms. The number of hydrogen-bond acceptors (Lipinski definition) is 5. The van der Waals surface area contributed by atoms with Crippen LogP contribution < -0.4 is 16.2 Å². The lowest BCUT2D eigenvalue weighted by Crippen LogP contribution is -2.46. The molecule has 150 valence electrons. The van der Waals surface area contributed by atoms with Crippen molar-refractivity contribution in [2.45, 2.75) is 44.7 Å². The molecule has 2 N–H and O–H groups in total. The lowest BCUT2D eigenvalue weighted by atomic mass is 9.96. The first-order chi connectivity index (χ1) is 14.1. The Morgan fingerprint density at radius 3 is 2.62 bits per heavy atom. The van der Waals surface area contributed by atoms with Crippen molar-refractivity contribution in [2.24, 2.45) is 0 Å². The van der Waals surface area contributed by atoms with E-state index in [0.717, 1.165) is 31.4 Å². The Bertz CT molecular complexity index is 1080. The molecule has 0 atom stereocenters. The van der Waals surface area contributed by atoms with Crippen LogP contribution in [0.4, 0.5) is 4.79 Å². The van der Waals surface area contributed by atoms with Crippen molar-refractivity contribution in [1.82, 2.24) is 30.0 Å². The maximum Gasteiger partial charge on any atom is 0.321 e. The van der Waals surface area contributed by atoms with E-state index >= 15 is 0 Å². The predicted molar refractivity (Wildman–Crippen MR) is 107 cm³/mol. The molecule has 9 heteroatoms. The number of hydrogen-bond donors (Lipinski definition) is 2. The summed E-state index contributed by atoms with van der Waals surface area (Å²) in [6.07, 6.45) is 7.91. The highest BCUT2D eigenvalue weighted by molar-refractivity contribution is 5.94. The SMILES string of the molecule is O=C(Cn1cnc2c(cnn2-c2ccccc2)c1=O)NC(=O)NC1CCCCC1. The number of carbonyl (C=O) groups is 2. The Hall–Kier alpha value is -3.49. The van der Waals surface area contributed by atoms with Crippen LogP contribution in [-0.4, -0.2) is 37.3 Å². The lowest BCUT2D eigenvalue weighted by molar-refractivity contribution is -0.120. The standard InChI is InChI=1S/C20H22N6O3/c27-17(24-20(29)23-14-7-3-1-4-8-14)12-25-13-21-18-16(19(25)28)11-22-26(18)15-9-5-2-6-10-15/h2,5-6,9-11,13-14H,1,3-4,7-8,12H2,(H2,23,24,27,29). The van der Waals surface area contributed by atoms with Crippen LogP contribution in [0, 0.1) is 0 Å². The van der Waals surface area contributed by atoms with Crippen molar-refractivity contribution in [2.75, 3.05) is 0 Å². The summed E-state index contributed by atoms with van der Waals surface area (Å²) < 4.78 is 2.74. The minimum absolute atomic E-state index is 0.0983. The number of benzene rings is 1. The second kappa shape index (κ2) is 8.26. The summed E-state index contributed by atoms with van der Waals surface area (Å²) in [4.78, 5) is 41.2. The third kappa shape index (κ3) is 4.18. The van der Waals surface area contributed by atoms with Crippen molar-refractivity contribution < 1.29 is 9.59 Å². The number of fused-ring (bicyclic) bond motifs is 1. The molecular weight excluding hydrogens is 372 g/mol. The molecule has 29 heavy (non-hydrogen) atoms. The molecule has 3 amide bonds. The zero-order chi connectivity index (χ0) is 20.2. The third-order valence-corrected chi connectivity index (χ3v) is 5.06. The number of nitrogens with zero attached hydrogens (tertiary/aromatic N) is 4. The van der Waals surface area contributed by atoms with Gasteiger partial charge in [0, 0.05) is 6.04 Å². The van der Waals surface area contributed by atoms with Gasteiger partial charge in [0.2, 0.25) is 5.91 Å². The first-order valence-electron chi connectivity index (χ1n) is 9.71. The third-order valence-electron chi connectivity index (χ3n) is 5.06. The molecule has 1 saturated carbocycles. The second-order valence-electron chi connectivity index (χ2n) is 7.16. The van der Waals surface area contributed by atoms with E-state index < -0.39 is 11.9 Å². The fraction of sp³-hybridized carbons (Fsp3) is 0.350. The van der Waals surface area contributed by atoms with Gasteiger partial charge in [-0.25, -0.2) is 14.5 Å². The van der Waals surface area contributed by atoms with Crippen molar-refractivity contribution in [1.29, 1.82) is 0 Å². The van der Waals surface area contributed by atoms with Crippen LogP contribution in [0.3, 0.4) is 0 Å². The number of nitrogens with one attached hydrogen (secondary N) is 2. The molecule has 3 aromatic rings. The maximum absolute atomic E-state index is 12.7. The normalized spacial score (nSPS) is 14.6. The maximum atomic E-state index is 12.7. The Kier molecular flexibility index (Phi) is 5.37. The number of carbonyl (C=O) groups excluding carboxylic acids is 2. The lowest BCUT2D eigenvalue weighted by Gasteiger charge is -2.22. The average molecular weight is 394 g/mol. The number of imide groups is 1. The number of urea groups is 1. The monoisotopic (exact) mass is 394 g/mol. The highest BCUT2D eigenvalue weighted by Gasteiger charge is 2.18. The number of rotatable bonds is 4. The van der Waals surface area contributed by atoms with E-state index in [-0.39, 0.29) is 18.1 Å². The van der Waals surface area contributed by atoms with Crippen LogP contribution >= 0.6 is 0 Å². The molecule has 2 aromatic heterocycles. The van der Waals surface area contributed by atoms with Crippen molar-refractivity contribution in [3.05, 3.63) is 53.2 Å². The number of para-hydroxylation sites is 1. The van der Waals surface area contributed by atoms with E-state index in [9.17, 15) is 14.4 Å². The molecule has 1 aromatic carbocycles. The van der Waals surface area contributed by atoms with Crippen molar-refractivity contribution in [3.8, 4) is 5.69 Å². The van der Waals surface area contributed by atoms with Gasteiger partial charge >= 0.3 is 6.03 Å². The van der Waals surface area contributed by atoms with Crippen molar-refractivity contribution in [3.63, 3.8) is 0 Å². The van der Waals surface area contributed by atoms with Gasteiger partial charge in [0.1, 0.15) is 18.3 Å². The van der Waals surface area contributed by atoms with E-state index in [4.69, 9.17) is 0 Å². The molecule has 9 nitrogen and oxygen atoms in total. The Morgan fingerprint density at radius 1 is 1.10 bits per heavy atom. The molecule has 0 saturated heterocycles. The van der Waals surface area contributed by atoms with Crippen LogP contribution in [0.2, 0.25) is 0 Å². The first-order valence-corrected chi connectivity index (χ1v) is 9.71. The zero-order valence-corrected chi connectivity index (χ0v) is 15.9. The van der Waals surface area contributed by atoms with E-state index in [0.29, 0.717) is 11.0 Å². The van der Waals surface area contributed by atoms with E-state index in [1.165, 1.54) is 23.5 Å². The van der Waals surface area contributed by atoms with Gasteiger partial charge in [0.25, 0.3) is 5.56 Å². The second-order valence-corrected chi connectivity index (χ2v) is 7.16. The summed E-state index contributed by atoms with van der Waals surface area (Å²) in [6.45, 7) is -0.295. The molecule has 2 heterocycles. The zero-order valence-electron chi connectivity index (χ0n) is 15.9. The fourth-order valence-electron chi connectivity index (χ4n) is 3.61. The summed E-state index contributed by atoms with van der Waals surface area (Å²) in [5, 5.41) is 9.64. The van der Waals surface area contributed by atoms with Gasteiger partial charge in [-0.05, 0) is 25.0 Å². The van der Waals surface area contributed by atoms with Crippen LogP contribution in [0.25, 0.3) is 16.7 Å². The van der Waals surface area contributed by atoms with E-state index in [1.807, 2.05) is 30.3 Å². The van der Waals surface area contributed by atoms with Gasteiger partial charge in [-0.1, -0.05) is 37.5 Å². The van der Waals surface area contributed by atoms with E-state index in [1.54, 1.807) is 4.68 Å². The minimum atomic E-state index is -0.572. The Labute approximate surface area is 166 Å². The molecule has 0 aliphatic heterocycles. The molecule has 0 bridgehead atoms. The topological polar surface area (TPSA) is 111 Å². The average Bonchev–Trinajstić information content (AvgIpc) is 3.16. The summed E-state index contributed by atoms with van der Waals surface area (Å²) in [5.74, 6) is -0.572. The molecule has 1 aliphatic rings. The molecular formula is C20H22N6O3.